The van der Waals surface area contributed by atoms with Gasteiger partial charge in [-0.05, 0) is 44.0 Å². The fourth-order valence-corrected chi connectivity index (χ4v) is 5.61. The van der Waals surface area contributed by atoms with E-state index in [0.717, 1.165) is 30.7 Å². The van der Waals surface area contributed by atoms with E-state index in [1.54, 1.807) is 6.07 Å². The summed E-state index contributed by atoms with van der Waals surface area (Å²) < 4.78 is 56.6. The van der Waals surface area contributed by atoms with Crippen LogP contribution in [0.25, 0.3) is 0 Å². The van der Waals surface area contributed by atoms with Gasteiger partial charge in [0, 0.05) is 36.1 Å². The molecule has 6 nitrogen and oxygen atoms in total. The number of hydrogen-bond acceptors (Lipinski definition) is 6. The molecule has 0 saturated carbocycles. The number of halogens is 3. The number of likely N-dealkylation sites (tertiary alicyclic amines) is 1. The lowest BCUT2D eigenvalue weighted by atomic mass is 9.88. The van der Waals surface area contributed by atoms with Gasteiger partial charge in [-0.3, -0.25) is 9.62 Å². The molecule has 2 N–H and O–H groups in total. The number of nitrogens with one attached hydrogen (secondary N) is 2. The molecule has 0 atom stereocenters. The molecule has 1 aliphatic rings. The summed E-state index contributed by atoms with van der Waals surface area (Å²) in [5, 5.41) is 4.43. The zero-order valence-corrected chi connectivity index (χ0v) is 20.4. The maximum absolute atomic E-state index is 14.7. The van der Waals surface area contributed by atoms with Crippen LogP contribution < -0.4 is 10.0 Å². The van der Waals surface area contributed by atoms with E-state index in [0.29, 0.717) is 12.1 Å². The smallest absolute Gasteiger partial charge is 0.266 e. The van der Waals surface area contributed by atoms with Gasteiger partial charge in [0.05, 0.1) is 16.2 Å². The molecule has 0 amide bonds. The molecule has 0 radical (unpaired) electrons. The van der Waals surface area contributed by atoms with Gasteiger partial charge in [0.1, 0.15) is 16.5 Å². The van der Waals surface area contributed by atoms with Crippen LogP contribution >= 0.6 is 22.9 Å². The molecule has 176 valence electrons. The second kappa shape index (κ2) is 9.17. The quantitative estimate of drug-likeness (QED) is 0.418. The third-order valence-corrected chi connectivity index (χ3v) is 8.13. The van der Waals surface area contributed by atoms with Crippen LogP contribution in [0.4, 0.5) is 20.3 Å². The van der Waals surface area contributed by atoms with Crippen LogP contribution in [-0.4, -0.2) is 30.4 Å². The lowest BCUT2D eigenvalue weighted by Gasteiger charge is -2.48. The first-order chi connectivity index (χ1) is 15.6. The van der Waals surface area contributed by atoms with Crippen molar-refractivity contribution < 1.29 is 17.2 Å². The largest absolute Gasteiger partial charge is 0.380 e. The van der Waals surface area contributed by atoms with E-state index in [-0.39, 0.29) is 34.4 Å². The van der Waals surface area contributed by atoms with Gasteiger partial charge >= 0.3 is 0 Å². The summed E-state index contributed by atoms with van der Waals surface area (Å²) in [7, 11) is -4.21. The lowest BCUT2D eigenvalue weighted by Crippen LogP contribution is -2.55. The Kier molecular flexibility index (Phi) is 6.63. The second-order valence-corrected chi connectivity index (χ2v) is 11.2. The van der Waals surface area contributed by atoms with Gasteiger partial charge in [0.15, 0.2) is 5.82 Å². The number of rotatable bonds is 8. The van der Waals surface area contributed by atoms with Gasteiger partial charge in [-0.15, -0.1) is 11.3 Å². The number of anilines is 2. The van der Waals surface area contributed by atoms with Crippen LogP contribution in [0.3, 0.4) is 0 Å². The molecule has 33 heavy (non-hydrogen) atoms. The van der Waals surface area contributed by atoms with Crippen molar-refractivity contribution >= 4 is 44.5 Å². The number of thiazole rings is 1. The molecular formula is C22H23ClF2N4O2S2. The summed E-state index contributed by atoms with van der Waals surface area (Å²) in [4.78, 5) is 5.51. The predicted molar refractivity (Wildman–Crippen MR) is 127 cm³/mol. The van der Waals surface area contributed by atoms with E-state index < -0.39 is 20.7 Å². The molecule has 0 spiro atoms. The molecule has 0 unspecified atom stereocenters. The van der Waals surface area contributed by atoms with Crippen LogP contribution in [0.15, 0.2) is 46.1 Å². The van der Waals surface area contributed by atoms with Crippen molar-refractivity contribution in [2.24, 2.45) is 0 Å². The van der Waals surface area contributed by atoms with Gasteiger partial charge in [0.25, 0.3) is 10.0 Å². The van der Waals surface area contributed by atoms with Gasteiger partial charge in [-0.2, -0.15) is 0 Å². The Labute approximate surface area is 200 Å². The van der Waals surface area contributed by atoms with Crippen molar-refractivity contribution in [3.63, 3.8) is 0 Å². The number of hydrogen-bond donors (Lipinski definition) is 2. The molecule has 1 fully saturated rings. The summed E-state index contributed by atoms with van der Waals surface area (Å²) in [5.74, 6) is -1.27. The Morgan fingerprint density at radius 3 is 2.67 bits per heavy atom. The summed E-state index contributed by atoms with van der Waals surface area (Å²) in [6, 6.07) is 6.94. The highest BCUT2D eigenvalue weighted by atomic mass is 35.5. The Morgan fingerprint density at radius 2 is 2.03 bits per heavy atom. The summed E-state index contributed by atoms with van der Waals surface area (Å²) in [6.45, 7) is 5.91. The highest BCUT2D eigenvalue weighted by Crippen LogP contribution is 2.33. The molecule has 3 aromatic rings. The van der Waals surface area contributed by atoms with E-state index in [1.807, 2.05) is 6.07 Å². The van der Waals surface area contributed by atoms with E-state index in [1.165, 1.54) is 28.3 Å². The zero-order valence-electron chi connectivity index (χ0n) is 18.0. The van der Waals surface area contributed by atoms with E-state index >= 15 is 0 Å². The minimum atomic E-state index is -4.21. The SMILES string of the molecule is CC1(C)CCN1Cc1cccc(F)c1CNc1cc(F)c(S(=O)(=O)Nc2cscn2)cc1Cl. The van der Waals surface area contributed by atoms with Crippen molar-refractivity contribution in [2.75, 3.05) is 16.6 Å². The molecule has 1 saturated heterocycles. The highest BCUT2D eigenvalue weighted by molar-refractivity contribution is 7.92. The molecular weight excluding hydrogens is 490 g/mol. The Bertz CT molecular complexity index is 1270. The van der Waals surface area contributed by atoms with Crippen LogP contribution in [0.1, 0.15) is 31.4 Å². The molecule has 2 aromatic carbocycles. The number of aromatic nitrogens is 1. The van der Waals surface area contributed by atoms with Crippen molar-refractivity contribution in [3.8, 4) is 0 Å². The van der Waals surface area contributed by atoms with Crippen LogP contribution in [-0.2, 0) is 23.1 Å². The van der Waals surface area contributed by atoms with Gasteiger partial charge in [0.2, 0.25) is 0 Å². The Hall–Kier alpha value is -2.27. The highest BCUT2D eigenvalue weighted by Gasteiger charge is 2.35. The molecule has 2 heterocycles. The van der Waals surface area contributed by atoms with Gasteiger partial charge in [-0.1, -0.05) is 23.7 Å². The summed E-state index contributed by atoms with van der Waals surface area (Å²) in [6.07, 6.45) is 1.08. The van der Waals surface area contributed by atoms with Crippen LogP contribution in [0.2, 0.25) is 5.02 Å². The Balaban J connectivity index is 1.53. The zero-order chi connectivity index (χ0) is 23.8. The summed E-state index contributed by atoms with van der Waals surface area (Å²) in [5.41, 5.74) is 2.98. The molecule has 11 heteroatoms. The molecule has 0 bridgehead atoms. The fourth-order valence-electron chi connectivity index (χ4n) is 3.67. The molecule has 0 aliphatic carbocycles. The van der Waals surface area contributed by atoms with Crippen molar-refractivity contribution in [3.05, 3.63) is 69.0 Å². The van der Waals surface area contributed by atoms with Gasteiger partial charge in [-0.25, -0.2) is 22.2 Å². The predicted octanol–water partition coefficient (Wildman–Crippen LogP) is 5.47. The lowest BCUT2D eigenvalue weighted by molar-refractivity contribution is 0.00766. The monoisotopic (exact) mass is 512 g/mol. The Morgan fingerprint density at radius 1 is 1.24 bits per heavy atom. The maximum Gasteiger partial charge on any atom is 0.266 e. The molecule has 1 aliphatic heterocycles. The molecule has 4 rings (SSSR count). The third-order valence-electron chi connectivity index (χ3n) is 5.86. The normalized spacial score (nSPS) is 15.8. The van der Waals surface area contributed by atoms with E-state index in [4.69, 9.17) is 11.6 Å². The van der Waals surface area contributed by atoms with Crippen LogP contribution in [0, 0.1) is 11.6 Å². The number of sulfonamides is 1. The average molecular weight is 513 g/mol. The topological polar surface area (TPSA) is 74.3 Å². The van der Waals surface area contributed by atoms with E-state index in [2.05, 4.69) is 33.8 Å². The first kappa shape index (κ1) is 23.9. The first-order valence-corrected chi connectivity index (χ1v) is 13.0. The fraction of sp³-hybridized carbons (Fsp3) is 0.318. The van der Waals surface area contributed by atoms with Gasteiger partial charge < -0.3 is 5.32 Å². The van der Waals surface area contributed by atoms with Crippen LogP contribution in [0.5, 0.6) is 0 Å². The average Bonchev–Trinajstić information content (AvgIpc) is 3.24. The van der Waals surface area contributed by atoms with E-state index in [9.17, 15) is 17.2 Å². The van der Waals surface area contributed by atoms with Crippen molar-refractivity contribution in [2.45, 2.75) is 43.8 Å². The van der Waals surface area contributed by atoms with Crippen molar-refractivity contribution in [1.29, 1.82) is 0 Å². The van der Waals surface area contributed by atoms with Crippen molar-refractivity contribution in [1.82, 2.24) is 9.88 Å². The molecule has 1 aromatic heterocycles. The first-order valence-electron chi connectivity index (χ1n) is 10.2. The second-order valence-electron chi connectivity index (χ2n) is 8.46. The number of benzene rings is 2. The minimum Gasteiger partial charge on any atom is -0.380 e. The summed E-state index contributed by atoms with van der Waals surface area (Å²) >= 11 is 7.45. The standard InChI is InChI=1S/C22H23ClF2N4O2S2/c1-22(2)6-7-29(22)11-14-4-3-5-17(24)15(14)10-26-19-9-18(25)20(8-16(19)23)33(30,31)28-21-12-32-13-27-21/h3-5,8-9,12-13,26,28H,6-7,10-11H2,1-2H3. The number of nitrogens with zero attached hydrogens (tertiary/aromatic N) is 2. The third kappa shape index (κ3) is 5.13. The maximum atomic E-state index is 14.7. The minimum absolute atomic E-state index is 0.00295.